The molecule has 4 fully saturated rings. The monoisotopic (exact) mass is 1570 g/mol. The van der Waals surface area contributed by atoms with Gasteiger partial charge in [0.15, 0.2) is 5.78 Å². The highest BCUT2D eigenvalue weighted by Gasteiger charge is 2.34. The number of amides is 3. The fourth-order valence-electron chi connectivity index (χ4n) is 14.8. The molecule has 4 aliphatic rings. The minimum absolute atomic E-state index is 0.0201. The number of hydrogen-bond acceptors (Lipinski definition) is 18. The van der Waals surface area contributed by atoms with Crippen LogP contribution < -0.4 is 33.2 Å². The maximum absolute atomic E-state index is 13.2. The van der Waals surface area contributed by atoms with Crippen molar-refractivity contribution in [3.63, 3.8) is 0 Å². The van der Waals surface area contributed by atoms with Crippen molar-refractivity contribution >= 4 is 56.9 Å². The topological polar surface area (TPSA) is 309 Å². The number of hydrogen-bond donors (Lipinski definition) is 6. The number of anilines is 3. The number of ketones is 1. The first kappa shape index (κ1) is 79.0. The summed E-state index contributed by atoms with van der Waals surface area (Å²) in [7, 11) is 7.73. The molecule has 1 unspecified atom stereocenters. The van der Waals surface area contributed by atoms with E-state index in [4.69, 9.17) is 31.4 Å². The van der Waals surface area contributed by atoms with Crippen molar-refractivity contribution in [2.75, 3.05) is 50.4 Å². The van der Waals surface area contributed by atoms with Gasteiger partial charge in [0, 0.05) is 134 Å². The Hall–Kier alpha value is -11.1. The minimum atomic E-state index is -0.249. The molecule has 3 amide bonds. The first-order chi connectivity index (χ1) is 54.2. The molecule has 7 atom stereocenters. The van der Waals surface area contributed by atoms with Gasteiger partial charge in [-0.3, -0.25) is 38.1 Å². The minimum Gasteiger partial charge on any atom is -0.383 e. The quantitative estimate of drug-likeness (QED) is 0.0324. The number of pyridine rings is 3. The summed E-state index contributed by atoms with van der Waals surface area (Å²) in [5.41, 5.74) is 34.2. The second kappa shape index (κ2) is 36.8. The smallest absolute Gasteiger partial charge is 0.255 e. The van der Waals surface area contributed by atoms with Crippen molar-refractivity contribution in [1.82, 2.24) is 70.0 Å². The van der Waals surface area contributed by atoms with Crippen LogP contribution in [0.15, 0.2) is 200 Å². The molecule has 5 aromatic carbocycles. The highest BCUT2D eigenvalue weighted by atomic mass is 79.9. The summed E-state index contributed by atoms with van der Waals surface area (Å²) < 4.78 is 24.9. The molecule has 6 aromatic heterocycles. The lowest BCUT2D eigenvalue weighted by Gasteiger charge is -2.36. The van der Waals surface area contributed by atoms with E-state index >= 15 is 0 Å². The van der Waals surface area contributed by atoms with Crippen LogP contribution in [0.2, 0.25) is 0 Å². The number of likely N-dealkylation sites (N-methyl/N-ethyl adjacent to an activating group) is 1. The van der Waals surface area contributed by atoms with Gasteiger partial charge in [0.05, 0.1) is 91.5 Å². The molecule has 0 bridgehead atoms. The first-order valence-corrected chi connectivity index (χ1v) is 39.1. The van der Waals surface area contributed by atoms with Gasteiger partial charge in [-0.25, -0.2) is 15.0 Å². The zero-order valence-corrected chi connectivity index (χ0v) is 65.8. The standard InChI is InChI=1S/C35H43N7O2.C30H31N5O3.C22H24BrN5O2/c1-24(42-17-15-40(2)16-18-42)26-11-13-28(14-12-26)27-9-7-25(8-10-27)23-44-33-6-4-5-32(33)39-35(43)31-19-29(20-37-34(31)36)30-21-38-41(3)22-30;1-19(36)21-10-12-23(13-11-21)22-8-6-20(7-9-22)18-38-28-5-3-4-27(28)34-30(37)26-14-24(15-32-29(26)31)25-16-33-35(2)17-25;1-28-12-16(11-26-28)15-9-18(21(24)25-10-15)22(29)27-19-3-2-4-20(19)30-13-14-5-7-17(23)8-6-14/h7-14,19-22,24,32-33H,4-6,15-18,23H2,1-3H3,(H2,36,37)(H,39,43);6-17,27-28H,3-5,18H2,1-2H3,(H2,31,32)(H,34,37);5-12,19-20H,2-4,13H2,1H3,(H2,24,25)(H,27,29)/t24?,32-,33-;27-,28-;19-,20-/m000/s1. The first-order valence-electron chi connectivity index (χ1n) is 38.3. The van der Waals surface area contributed by atoms with Gasteiger partial charge in [-0.05, 0) is 154 Å². The third-order valence-electron chi connectivity index (χ3n) is 21.6. The fourth-order valence-corrected chi connectivity index (χ4v) is 15.1. The van der Waals surface area contributed by atoms with E-state index in [-0.39, 0.29) is 77.4 Å². The highest BCUT2D eigenvalue weighted by molar-refractivity contribution is 9.10. The third-order valence-corrected chi connectivity index (χ3v) is 22.1. The second-order valence-electron chi connectivity index (χ2n) is 29.6. The average Bonchev–Trinajstić information content (AvgIpc) is 1.66. The number of nitrogen functional groups attached to an aromatic ring is 3. The Kier molecular flexibility index (Phi) is 26.0. The van der Waals surface area contributed by atoms with E-state index in [0.29, 0.717) is 48.1 Å². The van der Waals surface area contributed by atoms with Gasteiger partial charge < -0.3 is 52.3 Å². The third kappa shape index (κ3) is 20.4. The van der Waals surface area contributed by atoms with Gasteiger partial charge in [-0.1, -0.05) is 125 Å². The summed E-state index contributed by atoms with van der Waals surface area (Å²) in [5, 5.41) is 22.0. The Balaban J connectivity index is 0.000000150. The molecule has 3 aliphatic carbocycles. The van der Waals surface area contributed by atoms with Crippen LogP contribution in [0.25, 0.3) is 55.6 Å². The maximum atomic E-state index is 13.2. The lowest BCUT2D eigenvalue weighted by atomic mass is 9.99. The molecule has 11 aromatic rings. The van der Waals surface area contributed by atoms with Gasteiger partial charge in [-0.2, -0.15) is 15.3 Å². The van der Waals surface area contributed by atoms with Gasteiger partial charge in [0.2, 0.25) is 0 Å². The number of nitrogens with zero attached hydrogens (tertiary/aromatic N) is 11. The molecule has 0 radical (unpaired) electrons. The zero-order valence-electron chi connectivity index (χ0n) is 64.2. The highest BCUT2D eigenvalue weighted by Crippen LogP contribution is 2.33. The molecular weight excluding hydrogens is 1470 g/mol. The van der Waals surface area contributed by atoms with E-state index in [9.17, 15) is 19.2 Å². The van der Waals surface area contributed by atoms with E-state index in [1.54, 1.807) is 76.3 Å². The molecule has 9 N–H and O–H groups in total. The number of aromatic nitrogens is 9. The van der Waals surface area contributed by atoms with Crippen LogP contribution in [0.4, 0.5) is 17.5 Å². The number of nitrogens with one attached hydrogen (secondary N) is 3. The number of benzene rings is 5. The van der Waals surface area contributed by atoms with Crippen LogP contribution in [0.5, 0.6) is 0 Å². The van der Waals surface area contributed by atoms with Crippen molar-refractivity contribution in [2.45, 2.75) is 134 Å². The predicted molar refractivity (Wildman–Crippen MR) is 439 cm³/mol. The molecule has 25 heteroatoms. The number of aryl methyl sites for hydroxylation is 3. The molecular formula is C87H98BrN17O7. The normalized spacial score (nSPS) is 18.6. The zero-order chi connectivity index (χ0) is 78.4. The van der Waals surface area contributed by atoms with Crippen LogP contribution in [-0.4, -0.2) is 147 Å². The molecule has 112 heavy (non-hydrogen) atoms. The van der Waals surface area contributed by atoms with Crippen LogP contribution >= 0.6 is 15.9 Å². The number of carbonyl (C=O) groups excluding carboxylic acids is 4. The maximum Gasteiger partial charge on any atom is 0.255 e. The Morgan fingerprint density at radius 3 is 1.07 bits per heavy atom. The van der Waals surface area contributed by atoms with Crippen molar-refractivity contribution in [3.8, 4) is 55.6 Å². The largest absolute Gasteiger partial charge is 0.383 e. The molecule has 15 rings (SSSR count). The van der Waals surface area contributed by atoms with E-state index in [1.807, 2.05) is 100 Å². The summed E-state index contributed by atoms with van der Waals surface area (Å²) >= 11 is 3.44. The van der Waals surface area contributed by atoms with Crippen molar-refractivity contribution in [1.29, 1.82) is 0 Å². The van der Waals surface area contributed by atoms with Crippen LogP contribution in [0.1, 0.15) is 141 Å². The van der Waals surface area contributed by atoms with Crippen LogP contribution in [0, 0.1) is 0 Å². The van der Waals surface area contributed by atoms with Crippen molar-refractivity contribution < 1.29 is 33.4 Å². The van der Waals surface area contributed by atoms with Crippen LogP contribution in [0.3, 0.4) is 0 Å². The SMILES string of the molecule is CC(=O)c1ccc(-c2ccc(CO[C@H]3CCC[C@@H]3NC(=O)c3cc(-c4cnn(C)c4)cnc3N)cc2)cc1.CC(c1ccc(-c2ccc(CO[C@H]3CCC[C@@H]3NC(=O)c3cc(-c4cnn(C)c4)cnc3N)cc2)cc1)N1CCN(C)CC1.Cn1cc(-c2cnc(N)c(C(=O)N[C@H]3CCC[C@@H]3OCc3ccc(Br)cc3)c2)cn1. The Morgan fingerprint density at radius 1 is 0.429 bits per heavy atom. The average molecular weight is 1570 g/mol. The molecule has 24 nitrogen and oxygen atoms in total. The van der Waals surface area contributed by atoms with Gasteiger partial charge in [0.25, 0.3) is 17.7 Å². The summed E-state index contributed by atoms with van der Waals surface area (Å²) in [6.07, 6.45) is 24.0. The Morgan fingerprint density at radius 2 is 0.750 bits per heavy atom. The van der Waals surface area contributed by atoms with Crippen LogP contribution in [-0.2, 0) is 55.2 Å². The molecule has 3 saturated carbocycles. The van der Waals surface area contributed by atoms with Gasteiger partial charge >= 0.3 is 0 Å². The van der Waals surface area contributed by atoms with E-state index in [1.165, 1.54) is 16.7 Å². The number of piperazine rings is 1. The number of rotatable bonds is 23. The second-order valence-corrected chi connectivity index (χ2v) is 30.5. The van der Waals surface area contributed by atoms with Gasteiger partial charge in [0.1, 0.15) is 17.5 Å². The number of carbonyl (C=O) groups is 4. The molecule has 1 saturated heterocycles. The Bertz CT molecular complexity index is 5020. The van der Waals surface area contributed by atoms with Gasteiger partial charge in [-0.15, -0.1) is 0 Å². The summed E-state index contributed by atoms with van der Waals surface area (Å²) in [5.74, 6) is -0.0216. The lowest BCUT2D eigenvalue weighted by Crippen LogP contribution is -2.45. The van der Waals surface area contributed by atoms with E-state index < -0.39 is 0 Å². The molecule has 7 heterocycles. The van der Waals surface area contributed by atoms with E-state index in [2.05, 4.69) is 147 Å². The summed E-state index contributed by atoms with van der Waals surface area (Å²) in [6, 6.07) is 47.0. The van der Waals surface area contributed by atoms with Crippen molar-refractivity contribution in [2.24, 2.45) is 21.1 Å². The number of halogens is 1. The number of ether oxygens (including phenoxy) is 3. The fraction of sp³-hybridized carbons (Fsp3) is 0.333. The molecule has 0 spiro atoms. The van der Waals surface area contributed by atoms with Crippen molar-refractivity contribution in [3.05, 3.63) is 244 Å². The number of Topliss-reactive ketones (excluding diaryl/α,β-unsaturated/α-hetero) is 1. The Labute approximate surface area is 662 Å². The predicted octanol–water partition coefficient (Wildman–Crippen LogP) is 13.4. The number of nitrogens with two attached hydrogens (primary N) is 3. The van der Waals surface area contributed by atoms with E-state index in [0.717, 1.165) is 150 Å². The summed E-state index contributed by atoms with van der Waals surface area (Å²) in [4.78, 5) is 68.5. The lowest BCUT2D eigenvalue weighted by molar-refractivity contribution is 0.0272. The molecule has 1 aliphatic heterocycles. The molecule has 580 valence electrons. The summed E-state index contributed by atoms with van der Waals surface area (Å²) in [6.45, 7) is 9.84.